The second-order valence-electron chi connectivity index (χ2n) is 15.8. The molecular formula is C50H91NO3. The van der Waals surface area contributed by atoms with Crippen LogP contribution in [0.5, 0.6) is 0 Å². The van der Waals surface area contributed by atoms with Gasteiger partial charge in [-0.3, -0.25) is 4.79 Å². The minimum absolute atomic E-state index is 0.0672. The lowest BCUT2D eigenvalue weighted by Crippen LogP contribution is -2.45. The van der Waals surface area contributed by atoms with E-state index in [0.717, 1.165) is 51.4 Å². The van der Waals surface area contributed by atoms with Gasteiger partial charge in [0, 0.05) is 6.42 Å². The number of allylic oxidation sites excluding steroid dienone is 9. The molecule has 0 bridgehead atoms. The van der Waals surface area contributed by atoms with E-state index in [1.807, 2.05) is 6.08 Å². The normalized spacial score (nSPS) is 13.5. The maximum Gasteiger partial charge on any atom is 0.220 e. The van der Waals surface area contributed by atoms with Gasteiger partial charge in [0.15, 0.2) is 0 Å². The number of nitrogens with one attached hydrogen (secondary N) is 1. The Morgan fingerprint density at radius 1 is 0.463 bits per heavy atom. The predicted octanol–water partition coefficient (Wildman–Crippen LogP) is 14.9. The molecule has 0 radical (unpaired) electrons. The van der Waals surface area contributed by atoms with Crippen LogP contribution >= 0.6 is 0 Å². The van der Waals surface area contributed by atoms with Gasteiger partial charge in [0.05, 0.1) is 18.8 Å². The molecule has 2 atom stereocenters. The molecule has 4 nitrogen and oxygen atoms in total. The average molecular weight is 754 g/mol. The number of hydrogen-bond acceptors (Lipinski definition) is 3. The van der Waals surface area contributed by atoms with Gasteiger partial charge < -0.3 is 15.5 Å². The van der Waals surface area contributed by atoms with E-state index in [1.165, 1.54) is 161 Å². The van der Waals surface area contributed by atoms with Crippen molar-refractivity contribution in [3.63, 3.8) is 0 Å². The van der Waals surface area contributed by atoms with E-state index < -0.39 is 12.1 Å². The van der Waals surface area contributed by atoms with E-state index in [-0.39, 0.29) is 12.5 Å². The van der Waals surface area contributed by atoms with Crippen molar-refractivity contribution < 1.29 is 15.0 Å². The van der Waals surface area contributed by atoms with Gasteiger partial charge in [-0.15, -0.1) is 0 Å². The molecule has 314 valence electrons. The first kappa shape index (κ1) is 52.1. The Morgan fingerprint density at radius 3 is 1.22 bits per heavy atom. The minimum atomic E-state index is -0.841. The first-order chi connectivity index (χ1) is 26.7. The van der Waals surface area contributed by atoms with Gasteiger partial charge in [0.1, 0.15) is 0 Å². The van der Waals surface area contributed by atoms with Crippen molar-refractivity contribution in [1.82, 2.24) is 5.32 Å². The molecule has 0 aromatic carbocycles. The van der Waals surface area contributed by atoms with Crippen LogP contribution in [0.1, 0.15) is 232 Å². The van der Waals surface area contributed by atoms with E-state index in [0.29, 0.717) is 6.42 Å². The molecule has 0 aromatic heterocycles. The SMILES string of the molecule is CC/C=C\C/C=C\C/C=C\C/C=C\CCCCCCCCCCCCCCC(=O)NC(CO)C(O)/C=C/CCCCCCCCCCCCCCCCC. The fourth-order valence-electron chi connectivity index (χ4n) is 6.93. The van der Waals surface area contributed by atoms with Crippen LogP contribution in [0.4, 0.5) is 0 Å². The molecule has 1 amide bonds. The third-order valence-corrected chi connectivity index (χ3v) is 10.5. The van der Waals surface area contributed by atoms with Crippen molar-refractivity contribution >= 4 is 5.91 Å². The number of amides is 1. The number of rotatable bonds is 42. The van der Waals surface area contributed by atoms with Gasteiger partial charge in [-0.05, 0) is 57.8 Å². The van der Waals surface area contributed by atoms with E-state index in [4.69, 9.17) is 0 Å². The molecule has 0 saturated carbocycles. The molecule has 54 heavy (non-hydrogen) atoms. The second-order valence-corrected chi connectivity index (χ2v) is 15.8. The Bertz CT molecular complexity index is 904. The molecule has 0 aliphatic carbocycles. The minimum Gasteiger partial charge on any atom is -0.394 e. The Labute approximate surface area is 336 Å². The van der Waals surface area contributed by atoms with Crippen LogP contribution in [0.3, 0.4) is 0 Å². The molecule has 0 heterocycles. The average Bonchev–Trinajstić information content (AvgIpc) is 3.18. The zero-order chi connectivity index (χ0) is 39.3. The Kier molecular flexibility index (Phi) is 43.9. The van der Waals surface area contributed by atoms with Crippen molar-refractivity contribution in [2.75, 3.05) is 6.61 Å². The third-order valence-electron chi connectivity index (χ3n) is 10.5. The van der Waals surface area contributed by atoms with Gasteiger partial charge in [-0.1, -0.05) is 229 Å². The number of aliphatic hydroxyl groups excluding tert-OH is 2. The Balaban J connectivity index is 3.55. The molecule has 3 N–H and O–H groups in total. The van der Waals surface area contributed by atoms with Crippen LogP contribution in [-0.2, 0) is 4.79 Å². The van der Waals surface area contributed by atoms with Crippen molar-refractivity contribution in [2.45, 2.75) is 244 Å². The van der Waals surface area contributed by atoms with Crippen molar-refractivity contribution in [3.8, 4) is 0 Å². The van der Waals surface area contributed by atoms with Crippen molar-refractivity contribution in [3.05, 3.63) is 60.8 Å². The van der Waals surface area contributed by atoms with Crippen LogP contribution in [0, 0.1) is 0 Å². The fourth-order valence-corrected chi connectivity index (χ4v) is 6.93. The van der Waals surface area contributed by atoms with Gasteiger partial charge >= 0.3 is 0 Å². The summed E-state index contributed by atoms with van der Waals surface area (Å²) < 4.78 is 0. The number of hydrogen-bond donors (Lipinski definition) is 3. The van der Waals surface area contributed by atoms with Crippen molar-refractivity contribution in [1.29, 1.82) is 0 Å². The summed E-state index contributed by atoms with van der Waals surface area (Å²) in [7, 11) is 0. The number of carbonyl (C=O) groups is 1. The molecule has 0 saturated heterocycles. The number of aliphatic hydroxyl groups is 2. The monoisotopic (exact) mass is 754 g/mol. The Hall–Kier alpha value is -1.91. The van der Waals surface area contributed by atoms with Gasteiger partial charge in [0.25, 0.3) is 0 Å². The summed E-state index contributed by atoms with van der Waals surface area (Å²) in [6.45, 7) is 4.20. The van der Waals surface area contributed by atoms with Gasteiger partial charge in [-0.2, -0.15) is 0 Å². The molecule has 0 rings (SSSR count). The zero-order valence-electron chi connectivity index (χ0n) is 36.0. The highest BCUT2D eigenvalue weighted by molar-refractivity contribution is 5.76. The first-order valence-corrected chi connectivity index (χ1v) is 23.5. The van der Waals surface area contributed by atoms with E-state index >= 15 is 0 Å². The summed E-state index contributed by atoms with van der Waals surface area (Å²) in [4.78, 5) is 12.4. The summed E-state index contributed by atoms with van der Waals surface area (Å²) in [5, 5.41) is 23.1. The van der Waals surface area contributed by atoms with Crippen LogP contribution in [0.15, 0.2) is 60.8 Å². The van der Waals surface area contributed by atoms with Gasteiger partial charge in [0.2, 0.25) is 5.91 Å². The van der Waals surface area contributed by atoms with E-state index in [9.17, 15) is 15.0 Å². The largest absolute Gasteiger partial charge is 0.394 e. The highest BCUT2D eigenvalue weighted by Gasteiger charge is 2.17. The summed E-state index contributed by atoms with van der Waals surface area (Å²) in [6, 6.07) is -0.625. The molecule has 0 aliphatic heterocycles. The van der Waals surface area contributed by atoms with E-state index in [2.05, 4.69) is 67.8 Å². The second kappa shape index (κ2) is 45.5. The lowest BCUT2D eigenvalue weighted by Gasteiger charge is -2.20. The summed E-state index contributed by atoms with van der Waals surface area (Å²) in [6.07, 6.45) is 63.3. The smallest absolute Gasteiger partial charge is 0.220 e. The first-order valence-electron chi connectivity index (χ1n) is 23.5. The molecule has 2 unspecified atom stereocenters. The van der Waals surface area contributed by atoms with Gasteiger partial charge in [-0.25, -0.2) is 0 Å². The Morgan fingerprint density at radius 2 is 0.815 bits per heavy atom. The van der Waals surface area contributed by atoms with E-state index in [1.54, 1.807) is 6.08 Å². The number of unbranched alkanes of at least 4 members (excludes halogenated alkanes) is 27. The zero-order valence-corrected chi connectivity index (χ0v) is 36.0. The lowest BCUT2D eigenvalue weighted by atomic mass is 10.0. The van der Waals surface area contributed by atoms with Crippen LogP contribution < -0.4 is 5.32 Å². The van der Waals surface area contributed by atoms with Crippen LogP contribution in [0.25, 0.3) is 0 Å². The highest BCUT2D eigenvalue weighted by atomic mass is 16.3. The van der Waals surface area contributed by atoms with Crippen LogP contribution in [0.2, 0.25) is 0 Å². The quantitative estimate of drug-likeness (QED) is 0.0429. The lowest BCUT2D eigenvalue weighted by molar-refractivity contribution is -0.123. The molecule has 4 heteroatoms. The van der Waals surface area contributed by atoms with Crippen molar-refractivity contribution in [2.24, 2.45) is 0 Å². The summed E-state index contributed by atoms with van der Waals surface area (Å²) in [5.74, 6) is -0.0672. The summed E-state index contributed by atoms with van der Waals surface area (Å²) >= 11 is 0. The predicted molar refractivity (Wildman–Crippen MR) is 239 cm³/mol. The third kappa shape index (κ3) is 41.3. The van der Waals surface area contributed by atoms with Crippen LogP contribution in [-0.4, -0.2) is 34.9 Å². The molecule has 0 spiro atoms. The maximum absolute atomic E-state index is 12.4. The number of carbonyl (C=O) groups excluding carboxylic acids is 1. The molecule has 0 aliphatic rings. The molecular weight excluding hydrogens is 663 g/mol. The fraction of sp³-hybridized carbons (Fsp3) is 0.780. The maximum atomic E-state index is 12.4. The summed E-state index contributed by atoms with van der Waals surface area (Å²) in [5.41, 5.74) is 0. The molecule has 0 aromatic rings. The standard InChI is InChI=1S/C50H91NO3/c1-3-5-7-9-11-13-15-17-19-21-22-23-24-25-26-27-28-30-32-34-36-38-40-42-44-46-50(54)51-48(47-52)49(53)45-43-41-39-37-35-33-31-29-20-18-16-14-12-10-8-6-4-2/h5,7,11,13,17,19,22-23,43,45,48-49,52-53H,3-4,6,8-10,12,14-16,18,20-21,24-42,44,46-47H2,1-2H3,(H,51,54)/b7-5-,13-11-,19-17-,23-22-,45-43+. The highest BCUT2D eigenvalue weighted by Crippen LogP contribution is 2.15. The topological polar surface area (TPSA) is 69.6 Å². The molecule has 0 fully saturated rings.